The van der Waals surface area contributed by atoms with Crippen molar-refractivity contribution >= 4 is 11.6 Å². The van der Waals surface area contributed by atoms with Crippen molar-refractivity contribution in [2.45, 2.75) is 59.3 Å². The fourth-order valence-corrected chi connectivity index (χ4v) is 2.21. The summed E-state index contributed by atoms with van der Waals surface area (Å²) >= 11 is 0. The highest BCUT2D eigenvalue weighted by atomic mass is 16.5. The van der Waals surface area contributed by atoms with Crippen molar-refractivity contribution < 1.29 is 14.3 Å². The van der Waals surface area contributed by atoms with E-state index < -0.39 is 0 Å². The van der Waals surface area contributed by atoms with Gasteiger partial charge in [-0.05, 0) is 37.7 Å². The van der Waals surface area contributed by atoms with Gasteiger partial charge in [-0.25, -0.2) is 0 Å². The Bertz CT molecular complexity index is 476. The third-order valence-corrected chi connectivity index (χ3v) is 4.08. The van der Waals surface area contributed by atoms with E-state index in [1.54, 1.807) is 6.92 Å². The third-order valence-electron chi connectivity index (χ3n) is 4.08. The van der Waals surface area contributed by atoms with Gasteiger partial charge in [0.15, 0.2) is 5.78 Å². The van der Waals surface area contributed by atoms with Crippen LogP contribution >= 0.6 is 0 Å². The minimum atomic E-state index is 0.185. The van der Waals surface area contributed by atoms with Gasteiger partial charge in [-0.2, -0.15) is 0 Å². The number of Topliss-reactive ketones (excluding diaryl/α,β-unsaturated/α-hetero) is 2. The largest absolute Gasteiger partial charge is 0.381 e. The Hall–Kier alpha value is -1.48. The van der Waals surface area contributed by atoms with Crippen molar-refractivity contribution in [2.75, 3.05) is 13.2 Å². The van der Waals surface area contributed by atoms with E-state index in [-0.39, 0.29) is 11.6 Å². The standard InChI is InChI=1S/C20H30O3/c1-4-16(2)15-23-14-6-5-7-20(22)19-12-10-18(11-13-19)9-8-17(3)21/h10-13,16H,4-9,14-15H2,1-3H3. The highest BCUT2D eigenvalue weighted by Gasteiger charge is 2.06. The second-order valence-corrected chi connectivity index (χ2v) is 6.37. The van der Waals surface area contributed by atoms with Crippen molar-refractivity contribution in [3.05, 3.63) is 35.4 Å². The Labute approximate surface area is 140 Å². The lowest BCUT2D eigenvalue weighted by Crippen LogP contribution is -2.06. The Kier molecular flexibility index (Phi) is 9.46. The molecule has 1 atom stereocenters. The van der Waals surface area contributed by atoms with Crippen LogP contribution in [0, 0.1) is 5.92 Å². The monoisotopic (exact) mass is 318 g/mol. The molecule has 1 rings (SSSR count). The summed E-state index contributed by atoms with van der Waals surface area (Å²) in [5, 5.41) is 0. The molecule has 0 aliphatic carbocycles. The fraction of sp³-hybridized carbons (Fsp3) is 0.600. The van der Waals surface area contributed by atoms with E-state index in [1.807, 2.05) is 24.3 Å². The summed E-state index contributed by atoms with van der Waals surface area (Å²) in [6, 6.07) is 7.64. The molecular formula is C20H30O3. The summed E-state index contributed by atoms with van der Waals surface area (Å²) in [7, 11) is 0. The maximum absolute atomic E-state index is 12.1. The van der Waals surface area contributed by atoms with E-state index in [1.165, 1.54) is 0 Å². The molecule has 23 heavy (non-hydrogen) atoms. The number of unbranched alkanes of at least 4 members (excludes halogenated alkanes) is 1. The first-order valence-corrected chi connectivity index (χ1v) is 8.72. The van der Waals surface area contributed by atoms with E-state index in [0.717, 1.165) is 50.0 Å². The Morgan fingerprint density at radius 2 is 1.78 bits per heavy atom. The molecule has 0 aliphatic heterocycles. The van der Waals surface area contributed by atoms with Gasteiger partial charge in [-0.3, -0.25) is 4.79 Å². The van der Waals surface area contributed by atoms with Gasteiger partial charge in [0.05, 0.1) is 0 Å². The molecular weight excluding hydrogens is 288 g/mol. The zero-order chi connectivity index (χ0) is 17.1. The number of aryl methyl sites for hydroxylation is 1. The minimum Gasteiger partial charge on any atom is -0.381 e. The van der Waals surface area contributed by atoms with Crippen molar-refractivity contribution in [3.8, 4) is 0 Å². The summed E-state index contributed by atoms with van der Waals surface area (Å²) in [6.07, 6.45) is 4.81. The zero-order valence-electron chi connectivity index (χ0n) is 14.8. The summed E-state index contributed by atoms with van der Waals surface area (Å²) in [5.74, 6) is 0.990. The molecule has 0 heterocycles. The predicted octanol–water partition coefficient (Wildman–Crippen LogP) is 4.62. The molecule has 0 N–H and O–H groups in total. The molecule has 1 aromatic carbocycles. The average Bonchev–Trinajstić information content (AvgIpc) is 2.56. The van der Waals surface area contributed by atoms with Crippen LogP contribution in [0.1, 0.15) is 68.8 Å². The summed E-state index contributed by atoms with van der Waals surface area (Å²) in [4.78, 5) is 23.1. The van der Waals surface area contributed by atoms with Gasteiger partial charge in [0.2, 0.25) is 0 Å². The first kappa shape index (κ1) is 19.6. The number of carbonyl (C=O) groups excluding carboxylic acids is 2. The minimum absolute atomic E-state index is 0.185. The van der Waals surface area contributed by atoms with E-state index in [2.05, 4.69) is 13.8 Å². The molecule has 0 radical (unpaired) electrons. The van der Waals surface area contributed by atoms with Crippen molar-refractivity contribution in [1.29, 1.82) is 0 Å². The van der Waals surface area contributed by atoms with Gasteiger partial charge >= 0.3 is 0 Å². The Morgan fingerprint density at radius 3 is 2.39 bits per heavy atom. The van der Waals surface area contributed by atoms with Gasteiger partial charge < -0.3 is 9.53 Å². The third kappa shape index (κ3) is 8.65. The number of hydrogen-bond acceptors (Lipinski definition) is 3. The lowest BCUT2D eigenvalue weighted by Gasteiger charge is -2.09. The normalized spacial score (nSPS) is 12.1. The maximum Gasteiger partial charge on any atom is 0.162 e. The number of ether oxygens (including phenoxy) is 1. The molecule has 0 aliphatic rings. The van der Waals surface area contributed by atoms with Crippen molar-refractivity contribution in [1.82, 2.24) is 0 Å². The highest BCUT2D eigenvalue weighted by molar-refractivity contribution is 5.96. The quantitative estimate of drug-likeness (QED) is 0.417. The molecule has 128 valence electrons. The fourth-order valence-electron chi connectivity index (χ4n) is 2.21. The molecule has 3 heteroatoms. The molecule has 0 bridgehead atoms. The van der Waals surface area contributed by atoms with Gasteiger partial charge in [0, 0.05) is 31.6 Å². The van der Waals surface area contributed by atoms with Crippen LogP contribution in [0.25, 0.3) is 0 Å². The molecule has 0 amide bonds. The van der Waals surface area contributed by atoms with Crippen LogP contribution < -0.4 is 0 Å². The predicted molar refractivity (Wildman–Crippen MR) is 93.9 cm³/mol. The van der Waals surface area contributed by atoms with E-state index in [9.17, 15) is 9.59 Å². The van der Waals surface area contributed by atoms with Crippen LogP contribution in [0.3, 0.4) is 0 Å². The lowest BCUT2D eigenvalue weighted by atomic mass is 10.0. The topological polar surface area (TPSA) is 43.4 Å². The number of benzene rings is 1. The van der Waals surface area contributed by atoms with Crippen LogP contribution in [-0.2, 0) is 16.0 Å². The van der Waals surface area contributed by atoms with Gasteiger partial charge in [-0.1, -0.05) is 44.5 Å². The molecule has 0 fully saturated rings. The second-order valence-electron chi connectivity index (χ2n) is 6.37. The van der Waals surface area contributed by atoms with Gasteiger partial charge in [0.1, 0.15) is 5.78 Å². The maximum atomic E-state index is 12.1. The van der Waals surface area contributed by atoms with E-state index in [0.29, 0.717) is 18.8 Å². The zero-order valence-corrected chi connectivity index (χ0v) is 14.8. The summed E-state index contributed by atoms with van der Waals surface area (Å²) in [5.41, 5.74) is 1.87. The van der Waals surface area contributed by atoms with E-state index in [4.69, 9.17) is 4.74 Å². The number of carbonyl (C=O) groups is 2. The molecule has 1 unspecified atom stereocenters. The summed E-state index contributed by atoms with van der Waals surface area (Å²) in [6.45, 7) is 7.50. The number of rotatable bonds is 12. The molecule has 0 spiro atoms. The lowest BCUT2D eigenvalue weighted by molar-refractivity contribution is -0.116. The van der Waals surface area contributed by atoms with Crippen LogP contribution in [0.2, 0.25) is 0 Å². The Balaban J connectivity index is 2.23. The van der Waals surface area contributed by atoms with Gasteiger partial charge in [0.25, 0.3) is 0 Å². The summed E-state index contributed by atoms with van der Waals surface area (Å²) < 4.78 is 5.60. The number of hydrogen-bond donors (Lipinski definition) is 0. The van der Waals surface area contributed by atoms with Crippen LogP contribution in [0.15, 0.2) is 24.3 Å². The van der Waals surface area contributed by atoms with Gasteiger partial charge in [-0.15, -0.1) is 0 Å². The van der Waals surface area contributed by atoms with Crippen molar-refractivity contribution in [3.63, 3.8) is 0 Å². The van der Waals surface area contributed by atoms with E-state index >= 15 is 0 Å². The smallest absolute Gasteiger partial charge is 0.162 e. The van der Waals surface area contributed by atoms with Crippen LogP contribution in [0.4, 0.5) is 0 Å². The average molecular weight is 318 g/mol. The van der Waals surface area contributed by atoms with Crippen LogP contribution in [0.5, 0.6) is 0 Å². The number of ketones is 2. The second kappa shape index (κ2) is 11.1. The first-order valence-electron chi connectivity index (χ1n) is 8.72. The van der Waals surface area contributed by atoms with Crippen molar-refractivity contribution in [2.24, 2.45) is 5.92 Å². The molecule has 0 aromatic heterocycles. The molecule has 1 aromatic rings. The molecule has 0 saturated carbocycles. The van der Waals surface area contributed by atoms with Crippen LogP contribution in [-0.4, -0.2) is 24.8 Å². The first-order chi connectivity index (χ1) is 11.0. The SMILES string of the molecule is CCC(C)COCCCCC(=O)c1ccc(CCC(C)=O)cc1. The highest BCUT2D eigenvalue weighted by Crippen LogP contribution is 2.11. The molecule has 3 nitrogen and oxygen atoms in total. The Morgan fingerprint density at radius 1 is 1.09 bits per heavy atom. The molecule has 0 saturated heterocycles.